The highest BCUT2D eigenvalue weighted by Crippen LogP contribution is 2.27. The van der Waals surface area contributed by atoms with Gasteiger partial charge in [-0.2, -0.15) is 0 Å². The number of hydrogen-bond donors (Lipinski definition) is 1. The lowest BCUT2D eigenvalue weighted by molar-refractivity contribution is 0.651. The van der Waals surface area contributed by atoms with Gasteiger partial charge in [-0.15, -0.1) is 12.4 Å². The summed E-state index contributed by atoms with van der Waals surface area (Å²) in [6.45, 7) is 4.26. The van der Waals surface area contributed by atoms with Crippen LogP contribution in [0.5, 0.6) is 0 Å². The maximum atomic E-state index is 6.20. The maximum absolute atomic E-state index is 6.20. The summed E-state index contributed by atoms with van der Waals surface area (Å²) in [5.74, 6) is 0. The highest BCUT2D eigenvalue weighted by atomic mass is 35.5. The Labute approximate surface area is 131 Å². The summed E-state index contributed by atoms with van der Waals surface area (Å²) < 4.78 is 0. The van der Waals surface area contributed by atoms with Crippen LogP contribution in [0.1, 0.15) is 24.5 Å². The molecule has 0 saturated carbocycles. The van der Waals surface area contributed by atoms with Gasteiger partial charge in [0.1, 0.15) is 0 Å². The van der Waals surface area contributed by atoms with Crippen LogP contribution in [0.15, 0.2) is 42.5 Å². The first-order chi connectivity index (χ1) is 9.69. The summed E-state index contributed by atoms with van der Waals surface area (Å²) in [5.41, 5.74) is 10.9. The molecule has 21 heavy (non-hydrogen) atoms. The maximum Gasteiger partial charge on any atom is 0.0712 e. The van der Waals surface area contributed by atoms with Crippen molar-refractivity contribution in [2.24, 2.45) is 5.73 Å². The van der Waals surface area contributed by atoms with Gasteiger partial charge in [-0.05, 0) is 43.5 Å². The van der Waals surface area contributed by atoms with E-state index in [0.29, 0.717) is 0 Å². The molecule has 0 amide bonds. The van der Waals surface area contributed by atoms with E-state index in [0.717, 1.165) is 23.9 Å². The Morgan fingerprint density at radius 3 is 2.52 bits per heavy atom. The predicted molar refractivity (Wildman–Crippen MR) is 93.2 cm³/mol. The van der Waals surface area contributed by atoms with E-state index in [2.05, 4.69) is 50.2 Å². The van der Waals surface area contributed by atoms with E-state index < -0.39 is 0 Å². The molecule has 0 spiro atoms. The molecule has 0 radical (unpaired) electrons. The van der Waals surface area contributed by atoms with Crippen LogP contribution in [0.3, 0.4) is 0 Å². The number of aromatic nitrogens is 1. The molecule has 0 aliphatic carbocycles. The summed E-state index contributed by atoms with van der Waals surface area (Å²) in [6, 6.07) is 15.0. The van der Waals surface area contributed by atoms with Crippen LogP contribution in [0, 0.1) is 6.92 Å². The third kappa shape index (κ3) is 3.02. The van der Waals surface area contributed by atoms with Gasteiger partial charge in [0, 0.05) is 16.8 Å². The number of nitrogens with two attached hydrogens (primary N) is 1. The third-order valence-corrected chi connectivity index (χ3v) is 3.94. The number of benzene rings is 2. The molecule has 1 unspecified atom stereocenters. The average molecular weight is 301 g/mol. The van der Waals surface area contributed by atoms with Crippen molar-refractivity contribution in [3.8, 4) is 0 Å². The van der Waals surface area contributed by atoms with Gasteiger partial charge >= 0.3 is 0 Å². The molecule has 2 aromatic carbocycles. The first-order valence-electron chi connectivity index (χ1n) is 7.22. The molecule has 1 aromatic heterocycles. The number of pyridine rings is 1. The van der Waals surface area contributed by atoms with Crippen molar-refractivity contribution < 1.29 is 0 Å². The number of para-hydroxylation sites is 1. The fourth-order valence-electron chi connectivity index (χ4n) is 2.72. The fourth-order valence-corrected chi connectivity index (χ4v) is 2.72. The Morgan fingerprint density at radius 2 is 1.76 bits per heavy atom. The molecule has 0 fully saturated rings. The number of rotatable bonds is 3. The molecule has 2 nitrogen and oxygen atoms in total. The minimum Gasteiger partial charge on any atom is -0.327 e. The number of nitrogens with zero attached hydrogens (tertiary/aromatic N) is 1. The van der Waals surface area contributed by atoms with Crippen LogP contribution < -0.4 is 5.73 Å². The molecule has 1 atom stereocenters. The highest BCUT2D eigenvalue weighted by molar-refractivity contribution is 5.97. The topological polar surface area (TPSA) is 38.9 Å². The Hall–Kier alpha value is -1.64. The lowest BCUT2D eigenvalue weighted by atomic mass is 9.95. The minimum absolute atomic E-state index is 0. The molecule has 0 bridgehead atoms. The largest absolute Gasteiger partial charge is 0.327 e. The van der Waals surface area contributed by atoms with Crippen molar-refractivity contribution in [3.05, 3.63) is 53.6 Å². The van der Waals surface area contributed by atoms with Crippen molar-refractivity contribution in [1.29, 1.82) is 0 Å². The first-order valence-corrected chi connectivity index (χ1v) is 7.22. The first kappa shape index (κ1) is 15.7. The second-order valence-electron chi connectivity index (χ2n) is 5.50. The van der Waals surface area contributed by atoms with Gasteiger partial charge in [-0.3, -0.25) is 0 Å². The molecule has 3 aromatic rings. The van der Waals surface area contributed by atoms with E-state index in [1.165, 1.54) is 21.9 Å². The molecular formula is C18H21ClN2. The van der Waals surface area contributed by atoms with Gasteiger partial charge in [-0.1, -0.05) is 36.8 Å². The highest BCUT2D eigenvalue weighted by Gasteiger charge is 2.11. The molecule has 1 heterocycles. The summed E-state index contributed by atoms with van der Waals surface area (Å²) in [6.07, 6.45) is 1.89. The Bertz CT molecular complexity index is 768. The SMILES string of the molecule is CCC(N)Cc1c2ccccc2nc2ccc(C)cc12.Cl. The van der Waals surface area contributed by atoms with Gasteiger partial charge < -0.3 is 5.73 Å². The molecule has 110 valence electrons. The average Bonchev–Trinajstić information content (AvgIpc) is 2.47. The summed E-state index contributed by atoms with van der Waals surface area (Å²) >= 11 is 0. The van der Waals surface area contributed by atoms with E-state index in [1.54, 1.807) is 0 Å². The van der Waals surface area contributed by atoms with Gasteiger partial charge in [-0.25, -0.2) is 4.98 Å². The fraction of sp³-hybridized carbons (Fsp3) is 0.278. The summed E-state index contributed by atoms with van der Waals surface area (Å²) in [7, 11) is 0. The minimum atomic E-state index is 0. The van der Waals surface area contributed by atoms with Gasteiger partial charge in [0.25, 0.3) is 0 Å². The van der Waals surface area contributed by atoms with Gasteiger partial charge in [0.05, 0.1) is 11.0 Å². The quantitative estimate of drug-likeness (QED) is 0.728. The van der Waals surface area contributed by atoms with Crippen LogP contribution in [-0.2, 0) is 6.42 Å². The standard InChI is InChI=1S/C18H20N2.ClH/c1-3-13(19)11-15-14-6-4-5-7-17(14)20-18-9-8-12(2)10-16(15)18;/h4-10,13H,3,11,19H2,1-2H3;1H. The van der Waals surface area contributed by atoms with Crippen molar-refractivity contribution in [2.45, 2.75) is 32.7 Å². The summed E-state index contributed by atoms with van der Waals surface area (Å²) in [4.78, 5) is 4.77. The van der Waals surface area contributed by atoms with E-state index in [4.69, 9.17) is 10.7 Å². The van der Waals surface area contributed by atoms with Crippen molar-refractivity contribution in [3.63, 3.8) is 0 Å². The van der Waals surface area contributed by atoms with Crippen LogP contribution in [-0.4, -0.2) is 11.0 Å². The van der Waals surface area contributed by atoms with E-state index in [1.807, 2.05) is 6.07 Å². The molecule has 3 heteroatoms. The monoisotopic (exact) mass is 300 g/mol. The lowest BCUT2D eigenvalue weighted by Gasteiger charge is -2.14. The smallest absolute Gasteiger partial charge is 0.0712 e. The zero-order valence-corrected chi connectivity index (χ0v) is 13.3. The van der Waals surface area contributed by atoms with Crippen molar-refractivity contribution in [1.82, 2.24) is 4.98 Å². The number of aryl methyl sites for hydroxylation is 1. The Balaban J connectivity index is 0.00000161. The zero-order chi connectivity index (χ0) is 14.1. The van der Waals surface area contributed by atoms with Crippen molar-refractivity contribution >= 4 is 34.2 Å². The number of fused-ring (bicyclic) bond motifs is 2. The number of halogens is 1. The van der Waals surface area contributed by atoms with Crippen LogP contribution in [0.25, 0.3) is 21.8 Å². The number of hydrogen-bond acceptors (Lipinski definition) is 2. The molecular weight excluding hydrogens is 280 g/mol. The molecule has 0 saturated heterocycles. The summed E-state index contributed by atoms with van der Waals surface area (Å²) in [5, 5.41) is 2.47. The molecule has 0 aliphatic heterocycles. The Kier molecular flexibility index (Phi) is 4.81. The van der Waals surface area contributed by atoms with E-state index in [9.17, 15) is 0 Å². The van der Waals surface area contributed by atoms with Crippen LogP contribution in [0.4, 0.5) is 0 Å². The third-order valence-electron chi connectivity index (χ3n) is 3.94. The lowest BCUT2D eigenvalue weighted by Crippen LogP contribution is -2.21. The molecule has 3 rings (SSSR count). The Morgan fingerprint density at radius 1 is 1.05 bits per heavy atom. The van der Waals surface area contributed by atoms with Crippen LogP contribution >= 0.6 is 12.4 Å². The molecule has 2 N–H and O–H groups in total. The van der Waals surface area contributed by atoms with Crippen molar-refractivity contribution in [2.75, 3.05) is 0 Å². The van der Waals surface area contributed by atoms with Crippen LogP contribution in [0.2, 0.25) is 0 Å². The van der Waals surface area contributed by atoms with E-state index >= 15 is 0 Å². The van der Waals surface area contributed by atoms with Gasteiger partial charge in [0.15, 0.2) is 0 Å². The normalized spacial score (nSPS) is 12.3. The van der Waals surface area contributed by atoms with Gasteiger partial charge in [0.2, 0.25) is 0 Å². The zero-order valence-electron chi connectivity index (χ0n) is 12.5. The van der Waals surface area contributed by atoms with E-state index in [-0.39, 0.29) is 18.4 Å². The second-order valence-corrected chi connectivity index (χ2v) is 5.50. The molecule has 0 aliphatic rings. The predicted octanol–water partition coefficient (Wildman–Crippen LogP) is 4.40. The second kappa shape index (κ2) is 6.42.